The highest BCUT2D eigenvalue weighted by molar-refractivity contribution is 14.1. The maximum atomic E-state index is 5.38. The second-order valence-corrected chi connectivity index (χ2v) is 5.48. The third kappa shape index (κ3) is 2.37. The van der Waals surface area contributed by atoms with Crippen molar-refractivity contribution >= 4 is 22.6 Å². The van der Waals surface area contributed by atoms with Crippen LogP contribution < -0.4 is 0 Å². The van der Waals surface area contributed by atoms with Crippen molar-refractivity contribution in [1.82, 2.24) is 9.78 Å². The Morgan fingerprint density at radius 2 is 2.29 bits per heavy atom. The minimum Gasteiger partial charge on any atom is -0.379 e. The molecule has 2 heterocycles. The molecule has 1 aromatic carbocycles. The van der Waals surface area contributed by atoms with Crippen LogP contribution in [-0.2, 0) is 4.74 Å². The Bertz CT molecular complexity index is 518. The van der Waals surface area contributed by atoms with Crippen LogP contribution in [0.5, 0.6) is 0 Å². The fraction of sp³-hybridized carbons (Fsp3) is 0.308. The van der Waals surface area contributed by atoms with Gasteiger partial charge in [-0.1, -0.05) is 12.1 Å². The summed E-state index contributed by atoms with van der Waals surface area (Å²) in [7, 11) is 0. The normalized spacial score (nSPS) is 19.7. The quantitative estimate of drug-likeness (QED) is 0.786. The highest BCUT2D eigenvalue weighted by Crippen LogP contribution is 2.24. The summed E-state index contributed by atoms with van der Waals surface area (Å²) >= 11 is 2.33. The number of halogens is 1. The second kappa shape index (κ2) is 4.78. The van der Waals surface area contributed by atoms with E-state index in [0.717, 1.165) is 19.6 Å². The predicted molar refractivity (Wildman–Crippen MR) is 74.9 cm³/mol. The molecule has 1 saturated heterocycles. The lowest BCUT2D eigenvalue weighted by atomic mass is 10.1. The van der Waals surface area contributed by atoms with Crippen LogP contribution in [0.15, 0.2) is 36.7 Å². The Balaban J connectivity index is 1.89. The van der Waals surface area contributed by atoms with Gasteiger partial charge in [0.05, 0.1) is 18.8 Å². The third-order valence-corrected chi connectivity index (χ3v) is 3.71. The minimum atomic E-state index is 0.409. The lowest BCUT2D eigenvalue weighted by Gasteiger charge is -2.06. The summed E-state index contributed by atoms with van der Waals surface area (Å²) in [6.45, 7) is 1.64. The molecule has 1 fully saturated rings. The van der Waals surface area contributed by atoms with Crippen molar-refractivity contribution in [2.75, 3.05) is 13.2 Å². The first-order valence-corrected chi connectivity index (χ1v) is 6.78. The van der Waals surface area contributed by atoms with E-state index < -0.39 is 0 Å². The van der Waals surface area contributed by atoms with Gasteiger partial charge in [-0.15, -0.1) is 0 Å². The summed E-state index contributed by atoms with van der Waals surface area (Å²) in [4.78, 5) is 0. The maximum absolute atomic E-state index is 5.38. The van der Waals surface area contributed by atoms with E-state index in [-0.39, 0.29) is 0 Å². The molecule has 2 aromatic rings. The van der Waals surface area contributed by atoms with E-state index in [9.17, 15) is 0 Å². The molecule has 0 aliphatic carbocycles. The van der Waals surface area contributed by atoms with Crippen LogP contribution in [0.1, 0.15) is 12.5 Å². The van der Waals surface area contributed by atoms with Crippen molar-refractivity contribution in [2.24, 2.45) is 0 Å². The molecule has 0 saturated carbocycles. The van der Waals surface area contributed by atoms with E-state index in [0.29, 0.717) is 6.04 Å². The van der Waals surface area contributed by atoms with E-state index in [4.69, 9.17) is 4.74 Å². The largest absolute Gasteiger partial charge is 0.379 e. The zero-order valence-electron chi connectivity index (χ0n) is 9.34. The molecule has 0 N–H and O–H groups in total. The van der Waals surface area contributed by atoms with Crippen molar-refractivity contribution in [2.45, 2.75) is 12.5 Å². The fourth-order valence-corrected chi connectivity index (χ4v) is 2.63. The van der Waals surface area contributed by atoms with Crippen LogP contribution in [-0.4, -0.2) is 23.0 Å². The van der Waals surface area contributed by atoms with E-state index >= 15 is 0 Å². The van der Waals surface area contributed by atoms with Crippen LogP contribution in [0.2, 0.25) is 0 Å². The van der Waals surface area contributed by atoms with Gasteiger partial charge in [0.1, 0.15) is 0 Å². The topological polar surface area (TPSA) is 27.1 Å². The molecule has 0 radical (unpaired) electrons. The lowest BCUT2D eigenvalue weighted by Crippen LogP contribution is -2.08. The van der Waals surface area contributed by atoms with Crippen LogP contribution in [0, 0.1) is 3.57 Å². The van der Waals surface area contributed by atoms with Gasteiger partial charge in [0.25, 0.3) is 0 Å². The third-order valence-electron chi connectivity index (χ3n) is 3.04. The highest BCUT2D eigenvalue weighted by Gasteiger charge is 2.18. The summed E-state index contributed by atoms with van der Waals surface area (Å²) < 4.78 is 8.66. The fourth-order valence-electron chi connectivity index (χ4n) is 2.09. The summed E-state index contributed by atoms with van der Waals surface area (Å²) in [5, 5.41) is 4.44. The summed E-state index contributed by atoms with van der Waals surface area (Å²) in [5.74, 6) is 0. The van der Waals surface area contributed by atoms with Gasteiger partial charge < -0.3 is 4.74 Å². The first-order chi connectivity index (χ1) is 8.33. The Morgan fingerprint density at radius 1 is 1.35 bits per heavy atom. The molecule has 0 amide bonds. The van der Waals surface area contributed by atoms with Crippen LogP contribution in [0.4, 0.5) is 0 Å². The SMILES string of the molecule is Ic1cccc(-c2cnn(C3CCOC3)c2)c1. The molecule has 1 unspecified atom stereocenters. The lowest BCUT2D eigenvalue weighted by molar-refractivity contribution is 0.184. The molecule has 1 atom stereocenters. The molecule has 0 bridgehead atoms. The van der Waals surface area contributed by atoms with Gasteiger partial charge in [-0.05, 0) is 46.7 Å². The van der Waals surface area contributed by atoms with Crippen molar-refractivity contribution in [3.05, 3.63) is 40.2 Å². The molecule has 1 aliphatic heterocycles. The van der Waals surface area contributed by atoms with Gasteiger partial charge in [-0.25, -0.2) is 0 Å². The molecular formula is C13H13IN2O. The van der Waals surface area contributed by atoms with E-state index in [2.05, 4.69) is 58.2 Å². The molecule has 0 spiro atoms. The van der Waals surface area contributed by atoms with E-state index in [1.165, 1.54) is 14.7 Å². The minimum absolute atomic E-state index is 0.409. The molecule has 3 rings (SSSR count). The van der Waals surface area contributed by atoms with Gasteiger partial charge in [0.2, 0.25) is 0 Å². The van der Waals surface area contributed by atoms with Crippen molar-refractivity contribution < 1.29 is 4.74 Å². The molecule has 4 heteroatoms. The van der Waals surface area contributed by atoms with Gasteiger partial charge in [-0.3, -0.25) is 4.68 Å². The number of benzene rings is 1. The maximum Gasteiger partial charge on any atom is 0.0774 e. The average Bonchev–Trinajstić information content (AvgIpc) is 3.00. The zero-order valence-corrected chi connectivity index (χ0v) is 11.5. The summed E-state index contributed by atoms with van der Waals surface area (Å²) in [5.41, 5.74) is 2.40. The second-order valence-electron chi connectivity index (χ2n) is 4.24. The molecule has 1 aliphatic rings. The van der Waals surface area contributed by atoms with E-state index in [1.54, 1.807) is 0 Å². The number of hydrogen-bond donors (Lipinski definition) is 0. The number of ether oxygens (including phenoxy) is 1. The van der Waals surface area contributed by atoms with E-state index in [1.807, 2.05) is 10.9 Å². The Labute approximate surface area is 114 Å². The first kappa shape index (κ1) is 11.2. The first-order valence-electron chi connectivity index (χ1n) is 5.71. The molecule has 3 nitrogen and oxygen atoms in total. The van der Waals surface area contributed by atoms with Gasteiger partial charge in [0.15, 0.2) is 0 Å². The van der Waals surface area contributed by atoms with Gasteiger partial charge >= 0.3 is 0 Å². The number of hydrogen-bond acceptors (Lipinski definition) is 2. The van der Waals surface area contributed by atoms with Crippen molar-refractivity contribution in [3.8, 4) is 11.1 Å². The standard InChI is InChI=1S/C13H13IN2O/c14-12-3-1-2-10(6-12)11-7-15-16(8-11)13-4-5-17-9-13/h1-3,6-8,13H,4-5,9H2. The molecule has 17 heavy (non-hydrogen) atoms. The predicted octanol–water partition coefficient (Wildman–Crippen LogP) is 3.12. The molecule has 88 valence electrons. The smallest absolute Gasteiger partial charge is 0.0774 e. The van der Waals surface area contributed by atoms with Gasteiger partial charge in [-0.2, -0.15) is 5.10 Å². The van der Waals surface area contributed by atoms with Crippen LogP contribution >= 0.6 is 22.6 Å². The van der Waals surface area contributed by atoms with Crippen LogP contribution in [0.25, 0.3) is 11.1 Å². The zero-order chi connectivity index (χ0) is 11.7. The highest BCUT2D eigenvalue weighted by atomic mass is 127. The Hall–Kier alpha value is -0.880. The molecular weight excluding hydrogens is 327 g/mol. The molecule has 1 aromatic heterocycles. The van der Waals surface area contributed by atoms with Crippen molar-refractivity contribution in [3.63, 3.8) is 0 Å². The Morgan fingerprint density at radius 3 is 3.06 bits per heavy atom. The van der Waals surface area contributed by atoms with Crippen molar-refractivity contribution in [1.29, 1.82) is 0 Å². The number of nitrogens with zero attached hydrogens (tertiary/aromatic N) is 2. The summed E-state index contributed by atoms with van der Waals surface area (Å²) in [6, 6.07) is 8.88. The van der Waals surface area contributed by atoms with Gasteiger partial charge in [0, 0.05) is 21.9 Å². The number of rotatable bonds is 2. The summed E-state index contributed by atoms with van der Waals surface area (Å²) in [6.07, 6.45) is 5.11. The monoisotopic (exact) mass is 340 g/mol. The number of aromatic nitrogens is 2. The average molecular weight is 340 g/mol. The Kier molecular flexibility index (Phi) is 3.15. The van der Waals surface area contributed by atoms with Crippen LogP contribution in [0.3, 0.4) is 0 Å².